The number of ether oxygens (including phenoxy) is 1. The fraction of sp³-hybridized carbons (Fsp3) is 0.133. The lowest BCUT2D eigenvalue weighted by atomic mass is 10.0. The molecule has 3 nitrogen and oxygen atoms in total. The zero-order valence-corrected chi connectivity index (χ0v) is 12.2. The lowest BCUT2D eigenvalue weighted by molar-refractivity contribution is 0.101. The van der Waals surface area contributed by atoms with Gasteiger partial charge in [-0.1, -0.05) is 22.0 Å². The number of phenolic OH excluding ortho intramolecular Hbond substituents is 1. The molecule has 0 atom stereocenters. The van der Waals surface area contributed by atoms with E-state index in [2.05, 4.69) is 15.9 Å². The van der Waals surface area contributed by atoms with Crippen LogP contribution in [0.3, 0.4) is 0 Å². The predicted octanol–water partition coefficient (Wildman–Crippen LogP) is 4.03. The molecule has 2 rings (SSSR count). The second-order valence-electron chi connectivity index (χ2n) is 4.13. The van der Waals surface area contributed by atoms with Gasteiger partial charge < -0.3 is 9.84 Å². The average Bonchev–Trinajstić information content (AvgIpc) is 2.40. The first kappa shape index (κ1) is 13.6. The van der Waals surface area contributed by atoms with E-state index in [-0.39, 0.29) is 11.5 Å². The highest BCUT2D eigenvalue weighted by molar-refractivity contribution is 9.10. The summed E-state index contributed by atoms with van der Waals surface area (Å²) in [6.07, 6.45) is 0. The molecule has 0 unspecified atom stereocenters. The molecular weight excluding hydrogens is 308 g/mol. The Morgan fingerprint density at radius 1 is 1.16 bits per heavy atom. The van der Waals surface area contributed by atoms with E-state index in [0.717, 1.165) is 10.0 Å². The number of benzene rings is 2. The summed E-state index contributed by atoms with van der Waals surface area (Å²) < 4.78 is 5.96. The number of phenols is 1. The van der Waals surface area contributed by atoms with E-state index in [1.165, 1.54) is 6.92 Å². The molecule has 2 aromatic rings. The minimum absolute atomic E-state index is 0.0175. The SMILES string of the molecule is COc1ccc(O)c(-c2cc(C(C)=O)ccc2Br)c1. The van der Waals surface area contributed by atoms with Crippen LogP contribution in [0.15, 0.2) is 40.9 Å². The van der Waals surface area contributed by atoms with Crippen molar-refractivity contribution >= 4 is 21.7 Å². The Kier molecular flexibility index (Phi) is 3.90. The molecule has 0 fully saturated rings. The number of rotatable bonds is 3. The molecule has 0 aromatic heterocycles. The molecule has 0 heterocycles. The number of hydrogen-bond acceptors (Lipinski definition) is 3. The van der Waals surface area contributed by atoms with Gasteiger partial charge in [0.05, 0.1) is 7.11 Å². The van der Waals surface area contributed by atoms with Gasteiger partial charge in [-0.2, -0.15) is 0 Å². The van der Waals surface area contributed by atoms with Crippen molar-refractivity contribution in [1.82, 2.24) is 0 Å². The van der Waals surface area contributed by atoms with Crippen LogP contribution < -0.4 is 4.74 Å². The molecule has 2 aromatic carbocycles. The van der Waals surface area contributed by atoms with Gasteiger partial charge in [0.1, 0.15) is 11.5 Å². The van der Waals surface area contributed by atoms with Crippen molar-refractivity contribution in [1.29, 1.82) is 0 Å². The average molecular weight is 321 g/mol. The first-order chi connectivity index (χ1) is 9.02. The molecule has 0 aliphatic rings. The van der Waals surface area contributed by atoms with Crippen molar-refractivity contribution < 1.29 is 14.6 Å². The van der Waals surface area contributed by atoms with Gasteiger partial charge in [0.15, 0.2) is 5.78 Å². The molecule has 19 heavy (non-hydrogen) atoms. The summed E-state index contributed by atoms with van der Waals surface area (Å²) in [5.41, 5.74) is 1.97. The minimum Gasteiger partial charge on any atom is -0.507 e. The van der Waals surface area contributed by atoms with Gasteiger partial charge in [-0.05, 0) is 37.3 Å². The summed E-state index contributed by atoms with van der Waals surface area (Å²) in [5.74, 6) is 0.770. The Labute approximate surface area is 120 Å². The number of ketones is 1. The summed E-state index contributed by atoms with van der Waals surface area (Å²) in [4.78, 5) is 11.4. The van der Waals surface area contributed by atoms with Gasteiger partial charge >= 0.3 is 0 Å². The first-order valence-corrected chi connectivity index (χ1v) is 6.50. The van der Waals surface area contributed by atoms with Gasteiger partial charge in [-0.15, -0.1) is 0 Å². The smallest absolute Gasteiger partial charge is 0.159 e. The van der Waals surface area contributed by atoms with Crippen molar-refractivity contribution in [3.63, 3.8) is 0 Å². The monoisotopic (exact) mass is 320 g/mol. The number of aromatic hydroxyl groups is 1. The highest BCUT2D eigenvalue weighted by Crippen LogP contribution is 2.37. The summed E-state index contributed by atoms with van der Waals surface area (Å²) >= 11 is 3.43. The van der Waals surface area contributed by atoms with Crippen LogP contribution in [0.2, 0.25) is 0 Å². The third-order valence-corrected chi connectivity index (χ3v) is 3.56. The van der Waals surface area contributed by atoms with E-state index < -0.39 is 0 Å². The van der Waals surface area contributed by atoms with Crippen molar-refractivity contribution in [3.8, 4) is 22.6 Å². The van der Waals surface area contributed by atoms with E-state index in [1.54, 1.807) is 43.5 Å². The second kappa shape index (κ2) is 5.45. The molecule has 0 saturated heterocycles. The van der Waals surface area contributed by atoms with Crippen LogP contribution in [-0.4, -0.2) is 18.0 Å². The molecule has 98 valence electrons. The number of Topliss-reactive ketones (excluding diaryl/α,β-unsaturated/α-hetero) is 1. The van der Waals surface area contributed by atoms with E-state index in [4.69, 9.17) is 4.74 Å². The molecule has 4 heteroatoms. The van der Waals surface area contributed by atoms with E-state index in [9.17, 15) is 9.90 Å². The molecule has 1 N–H and O–H groups in total. The van der Waals surface area contributed by atoms with Gasteiger partial charge in [-0.25, -0.2) is 0 Å². The Morgan fingerprint density at radius 3 is 2.53 bits per heavy atom. The number of carbonyl (C=O) groups excluding carboxylic acids is 1. The molecule has 0 amide bonds. The molecule has 0 aliphatic heterocycles. The summed E-state index contributed by atoms with van der Waals surface area (Å²) in [7, 11) is 1.57. The lowest BCUT2D eigenvalue weighted by Gasteiger charge is -2.10. The standard InChI is InChI=1S/C15H13BrO3/c1-9(17)10-3-5-14(16)12(7-10)13-8-11(19-2)4-6-15(13)18/h3-8,18H,1-2H3. The maximum atomic E-state index is 11.4. The number of hydrogen-bond donors (Lipinski definition) is 1. The van der Waals surface area contributed by atoms with Gasteiger partial charge in [0, 0.05) is 21.2 Å². The van der Waals surface area contributed by atoms with Crippen LogP contribution in [0, 0.1) is 0 Å². The zero-order chi connectivity index (χ0) is 14.0. The Bertz CT molecular complexity index is 635. The highest BCUT2D eigenvalue weighted by Gasteiger charge is 2.11. The normalized spacial score (nSPS) is 10.3. The predicted molar refractivity (Wildman–Crippen MR) is 77.8 cm³/mol. The van der Waals surface area contributed by atoms with Gasteiger partial charge in [0.25, 0.3) is 0 Å². The molecule has 0 spiro atoms. The number of halogens is 1. The summed E-state index contributed by atoms with van der Waals surface area (Å²) in [6, 6.07) is 10.3. The highest BCUT2D eigenvalue weighted by atomic mass is 79.9. The van der Waals surface area contributed by atoms with Crippen LogP contribution in [0.4, 0.5) is 0 Å². The molecule has 0 radical (unpaired) electrons. The maximum absolute atomic E-state index is 11.4. The van der Waals surface area contributed by atoms with Crippen molar-refractivity contribution in [2.45, 2.75) is 6.92 Å². The number of carbonyl (C=O) groups is 1. The van der Waals surface area contributed by atoms with Crippen LogP contribution in [-0.2, 0) is 0 Å². The molecular formula is C15H13BrO3. The second-order valence-corrected chi connectivity index (χ2v) is 4.99. The quantitative estimate of drug-likeness (QED) is 0.868. The Morgan fingerprint density at radius 2 is 1.89 bits per heavy atom. The van der Waals surface area contributed by atoms with Crippen LogP contribution in [0.1, 0.15) is 17.3 Å². The van der Waals surface area contributed by atoms with Crippen LogP contribution >= 0.6 is 15.9 Å². The fourth-order valence-electron chi connectivity index (χ4n) is 1.81. The van der Waals surface area contributed by atoms with Gasteiger partial charge in [0.2, 0.25) is 0 Å². The fourth-order valence-corrected chi connectivity index (χ4v) is 2.27. The van der Waals surface area contributed by atoms with E-state index >= 15 is 0 Å². The van der Waals surface area contributed by atoms with Crippen LogP contribution in [0.25, 0.3) is 11.1 Å². The third-order valence-electron chi connectivity index (χ3n) is 2.87. The lowest BCUT2D eigenvalue weighted by Crippen LogP contribution is -1.93. The Hall–Kier alpha value is -1.81. The third kappa shape index (κ3) is 2.79. The Balaban J connectivity index is 2.63. The van der Waals surface area contributed by atoms with Crippen molar-refractivity contribution in [2.75, 3.05) is 7.11 Å². The molecule has 0 bridgehead atoms. The first-order valence-electron chi connectivity index (χ1n) is 5.71. The number of methoxy groups -OCH3 is 1. The van der Waals surface area contributed by atoms with Crippen molar-refractivity contribution in [2.24, 2.45) is 0 Å². The molecule has 0 aliphatic carbocycles. The molecule has 0 saturated carbocycles. The summed E-state index contributed by atoms with van der Waals surface area (Å²) in [6.45, 7) is 1.51. The maximum Gasteiger partial charge on any atom is 0.159 e. The summed E-state index contributed by atoms with van der Waals surface area (Å²) in [5, 5.41) is 9.98. The van der Waals surface area contributed by atoms with Crippen molar-refractivity contribution in [3.05, 3.63) is 46.4 Å². The minimum atomic E-state index is -0.0175. The van der Waals surface area contributed by atoms with Gasteiger partial charge in [-0.3, -0.25) is 4.79 Å². The zero-order valence-electron chi connectivity index (χ0n) is 10.6. The van der Waals surface area contributed by atoms with E-state index in [0.29, 0.717) is 16.9 Å². The van der Waals surface area contributed by atoms with E-state index in [1.807, 2.05) is 0 Å². The topological polar surface area (TPSA) is 46.5 Å². The largest absolute Gasteiger partial charge is 0.507 e. The van der Waals surface area contributed by atoms with Crippen LogP contribution in [0.5, 0.6) is 11.5 Å².